The Morgan fingerprint density at radius 1 is 1.32 bits per heavy atom. The highest BCUT2D eigenvalue weighted by Crippen LogP contribution is 2.25. The second-order valence-corrected chi connectivity index (χ2v) is 6.37. The summed E-state index contributed by atoms with van der Waals surface area (Å²) >= 11 is 9.60. The van der Waals surface area contributed by atoms with Crippen molar-refractivity contribution in [2.45, 2.75) is 43.5 Å². The molecule has 2 N–H and O–H groups in total. The zero-order valence-electron chi connectivity index (χ0n) is 10.5. The highest BCUT2D eigenvalue weighted by atomic mass is 79.9. The number of carbonyl (C=O) groups excluding carboxylic acids is 1. The molecule has 0 bridgehead atoms. The molecule has 1 saturated carbocycles. The van der Waals surface area contributed by atoms with Crippen LogP contribution in [-0.4, -0.2) is 22.4 Å². The highest BCUT2D eigenvalue weighted by Gasteiger charge is 2.24. The largest absolute Gasteiger partial charge is 0.507 e. The summed E-state index contributed by atoms with van der Waals surface area (Å²) in [6.07, 6.45) is 5.19. The fourth-order valence-corrected chi connectivity index (χ4v) is 3.07. The van der Waals surface area contributed by atoms with E-state index >= 15 is 0 Å². The molecule has 1 aliphatic carbocycles. The third kappa shape index (κ3) is 3.86. The number of halogens is 2. The minimum absolute atomic E-state index is 0.0135. The summed E-state index contributed by atoms with van der Waals surface area (Å²) in [7, 11) is 0. The Kier molecular flexibility index (Phi) is 5.11. The normalized spacial score (nSPS) is 23.7. The van der Waals surface area contributed by atoms with Crippen LogP contribution in [0.25, 0.3) is 0 Å². The Morgan fingerprint density at radius 3 is 2.84 bits per heavy atom. The Balaban J connectivity index is 2.09. The van der Waals surface area contributed by atoms with Crippen LogP contribution in [0.4, 0.5) is 0 Å². The van der Waals surface area contributed by atoms with Crippen LogP contribution in [-0.2, 0) is 0 Å². The van der Waals surface area contributed by atoms with Gasteiger partial charge in [0.1, 0.15) is 5.75 Å². The number of phenolic OH excluding ortho intramolecular Hbond substituents is 1. The molecule has 1 amide bonds. The second-order valence-electron chi connectivity index (χ2n) is 4.90. The zero-order valence-corrected chi connectivity index (χ0v) is 12.9. The standard InChI is InChI=1S/C14H17BrClNO2/c15-9-6-7-13(18)10(8-9)14(19)17-12-5-3-1-2-4-11(12)16/h6-8,11-12,18H,1-5H2,(H,17,19). The monoisotopic (exact) mass is 345 g/mol. The van der Waals surface area contributed by atoms with Gasteiger partial charge in [-0.3, -0.25) is 4.79 Å². The summed E-state index contributed by atoms with van der Waals surface area (Å²) < 4.78 is 0.763. The smallest absolute Gasteiger partial charge is 0.255 e. The molecule has 2 atom stereocenters. The van der Waals surface area contributed by atoms with E-state index in [1.807, 2.05) is 0 Å². The number of alkyl halides is 1. The topological polar surface area (TPSA) is 49.3 Å². The third-order valence-corrected chi connectivity index (χ3v) is 4.47. The Morgan fingerprint density at radius 2 is 2.05 bits per heavy atom. The minimum Gasteiger partial charge on any atom is -0.507 e. The number of aromatic hydroxyl groups is 1. The van der Waals surface area contributed by atoms with E-state index in [1.54, 1.807) is 12.1 Å². The van der Waals surface area contributed by atoms with E-state index in [-0.39, 0.29) is 28.6 Å². The molecule has 0 aromatic heterocycles. The van der Waals surface area contributed by atoms with Gasteiger partial charge in [0.2, 0.25) is 0 Å². The molecule has 2 unspecified atom stereocenters. The maximum atomic E-state index is 12.2. The molecule has 5 heteroatoms. The van der Waals surface area contributed by atoms with E-state index in [9.17, 15) is 9.90 Å². The number of carbonyl (C=O) groups is 1. The summed E-state index contributed by atoms with van der Waals surface area (Å²) in [6, 6.07) is 4.80. The Labute approximate surface area is 126 Å². The van der Waals surface area contributed by atoms with Crippen molar-refractivity contribution in [2.75, 3.05) is 0 Å². The molecule has 2 rings (SSSR count). The summed E-state index contributed by atoms with van der Waals surface area (Å²) in [6.45, 7) is 0. The quantitative estimate of drug-likeness (QED) is 0.631. The molecule has 1 aromatic carbocycles. The van der Waals surface area contributed by atoms with Gasteiger partial charge in [0, 0.05) is 10.5 Å². The number of benzene rings is 1. The Bertz CT molecular complexity index is 467. The van der Waals surface area contributed by atoms with Crippen LogP contribution in [0, 0.1) is 0 Å². The van der Waals surface area contributed by atoms with Crippen molar-refractivity contribution in [3.63, 3.8) is 0 Å². The van der Waals surface area contributed by atoms with E-state index in [0.717, 1.165) is 36.6 Å². The molecule has 0 aliphatic heterocycles. The molecule has 3 nitrogen and oxygen atoms in total. The summed E-state index contributed by atoms with van der Waals surface area (Å²) in [5, 5.41) is 12.7. The van der Waals surface area contributed by atoms with Crippen LogP contribution in [0.2, 0.25) is 0 Å². The number of phenols is 1. The molecular formula is C14H17BrClNO2. The average Bonchev–Trinajstić information content (AvgIpc) is 2.58. The number of nitrogens with one attached hydrogen (secondary N) is 1. The lowest BCUT2D eigenvalue weighted by Gasteiger charge is -2.21. The second kappa shape index (κ2) is 6.62. The lowest BCUT2D eigenvalue weighted by atomic mass is 10.1. The van der Waals surface area contributed by atoms with Crippen molar-refractivity contribution in [3.05, 3.63) is 28.2 Å². The van der Waals surface area contributed by atoms with Gasteiger partial charge in [-0.05, 0) is 31.0 Å². The van der Waals surface area contributed by atoms with Crippen LogP contribution in [0.5, 0.6) is 5.75 Å². The van der Waals surface area contributed by atoms with Crippen LogP contribution in [0.3, 0.4) is 0 Å². The van der Waals surface area contributed by atoms with Crippen LogP contribution >= 0.6 is 27.5 Å². The number of rotatable bonds is 2. The maximum Gasteiger partial charge on any atom is 0.255 e. The van der Waals surface area contributed by atoms with Crippen LogP contribution in [0.15, 0.2) is 22.7 Å². The van der Waals surface area contributed by atoms with Crippen LogP contribution in [0.1, 0.15) is 42.5 Å². The zero-order chi connectivity index (χ0) is 13.8. The molecule has 0 spiro atoms. The SMILES string of the molecule is O=C(NC1CCCCCC1Cl)c1cc(Br)ccc1O. The van der Waals surface area contributed by atoms with E-state index in [4.69, 9.17) is 11.6 Å². The summed E-state index contributed by atoms with van der Waals surface area (Å²) in [4.78, 5) is 12.2. The van der Waals surface area contributed by atoms with Gasteiger partial charge in [-0.15, -0.1) is 11.6 Å². The van der Waals surface area contributed by atoms with Gasteiger partial charge in [-0.25, -0.2) is 0 Å². The molecule has 1 fully saturated rings. The molecule has 104 valence electrons. The van der Waals surface area contributed by atoms with Gasteiger partial charge < -0.3 is 10.4 Å². The first kappa shape index (κ1) is 14.7. The number of amides is 1. The van der Waals surface area contributed by atoms with Crippen molar-refractivity contribution in [2.24, 2.45) is 0 Å². The highest BCUT2D eigenvalue weighted by molar-refractivity contribution is 9.10. The van der Waals surface area contributed by atoms with Crippen molar-refractivity contribution < 1.29 is 9.90 Å². The maximum absolute atomic E-state index is 12.2. The molecule has 0 heterocycles. The average molecular weight is 347 g/mol. The number of hydrogen-bond donors (Lipinski definition) is 2. The van der Waals surface area contributed by atoms with Crippen LogP contribution < -0.4 is 5.32 Å². The minimum atomic E-state index is -0.267. The molecule has 19 heavy (non-hydrogen) atoms. The van der Waals surface area contributed by atoms with Crippen molar-refractivity contribution in [1.82, 2.24) is 5.32 Å². The molecule has 1 aliphatic rings. The fourth-order valence-electron chi connectivity index (χ4n) is 2.36. The summed E-state index contributed by atoms with van der Waals surface area (Å²) in [5.74, 6) is -0.281. The van der Waals surface area contributed by atoms with Gasteiger partial charge in [-0.1, -0.05) is 35.2 Å². The van der Waals surface area contributed by atoms with Gasteiger partial charge in [0.25, 0.3) is 5.91 Å². The molecular weight excluding hydrogens is 330 g/mol. The molecule has 1 aromatic rings. The lowest BCUT2D eigenvalue weighted by Crippen LogP contribution is -2.40. The number of hydrogen-bond acceptors (Lipinski definition) is 2. The van der Waals surface area contributed by atoms with E-state index < -0.39 is 0 Å². The van der Waals surface area contributed by atoms with Gasteiger partial charge in [0.05, 0.1) is 10.9 Å². The predicted octanol–water partition coefficient (Wildman–Crippen LogP) is 3.82. The Hall–Kier alpha value is -0.740. The van der Waals surface area contributed by atoms with Crippen molar-refractivity contribution in [3.8, 4) is 5.75 Å². The van der Waals surface area contributed by atoms with Gasteiger partial charge in [-0.2, -0.15) is 0 Å². The van der Waals surface area contributed by atoms with E-state index in [1.165, 1.54) is 6.07 Å². The first-order valence-corrected chi connectivity index (χ1v) is 7.74. The van der Waals surface area contributed by atoms with Gasteiger partial charge in [0.15, 0.2) is 0 Å². The molecule has 0 saturated heterocycles. The third-order valence-electron chi connectivity index (χ3n) is 3.45. The predicted molar refractivity (Wildman–Crippen MR) is 79.8 cm³/mol. The van der Waals surface area contributed by atoms with E-state index in [0.29, 0.717) is 0 Å². The first-order chi connectivity index (χ1) is 9.08. The van der Waals surface area contributed by atoms with Crippen molar-refractivity contribution >= 4 is 33.4 Å². The first-order valence-electron chi connectivity index (χ1n) is 6.51. The van der Waals surface area contributed by atoms with E-state index in [2.05, 4.69) is 21.2 Å². The van der Waals surface area contributed by atoms with Crippen molar-refractivity contribution in [1.29, 1.82) is 0 Å². The van der Waals surface area contributed by atoms with Gasteiger partial charge >= 0.3 is 0 Å². The lowest BCUT2D eigenvalue weighted by molar-refractivity contribution is 0.0931. The fraction of sp³-hybridized carbons (Fsp3) is 0.500. The molecule has 0 radical (unpaired) electrons. The summed E-state index contributed by atoms with van der Waals surface area (Å²) in [5.41, 5.74) is 0.280.